The maximum Gasteiger partial charge on any atom is 0.201 e. The molecule has 1 aromatic heterocycles. The molecule has 1 aromatic carbocycles. The Labute approximate surface area is 111 Å². The number of nitrogen functional groups attached to an aromatic ring is 1. The van der Waals surface area contributed by atoms with E-state index in [1.807, 2.05) is 16.7 Å². The van der Waals surface area contributed by atoms with Crippen LogP contribution >= 0.6 is 0 Å². The second kappa shape index (κ2) is 4.90. The molecule has 98 valence electrons. The third-order valence-electron chi connectivity index (χ3n) is 3.71. The quantitative estimate of drug-likeness (QED) is 0.890. The molecule has 2 aromatic rings. The van der Waals surface area contributed by atoms with Gasteiger partial charge in [0.25, 0.3) is 0 Å². The van der Waals surface area contributed by atoms with Crippen molar-refractivity contribution in [1.29, 1.82) is 5.26 Å². The minimum absolute atomic E-state index is 0.490. The fourth-order valence-corrected chi connectivity index (χ4v) is 2.63. The van der Waals surface area contributed by atoms with Crippen LogP contribution in [0.4, 0.5) is 5.95 Å². The number of para-hydroxylation sites is 1. The first-order chi connectivity index (χ1) is 9.29. The molecule has 1 saturated heterocycles. The fourth-order valence-electron chi connectivity index (χ4n) is 2.63. The van der Waals surface area contributed by atoms with Gasteiger partial charge in [-0.2, -0.15) is 5.26 Å². The number of hydrogen-bond acceptors (Lipinski definition) is 4. The van der Waals surface area contributed by atoms with Gasteiger partial charge < -0.3 is 15.0 Å². The van der Waals surface area contributed by atoms with Crippen molar-refractivity contribution in [2.24, 2.45) is 5.92 Å². The summed E-state index contributed by atoms with van der Waals surface area (Å²) in [6.45, 7) is 2.49. The summed E-state index contributed by atoms with van der Waals surface area (Å²) < 4.78 is 7.39. The number of nitrogens with two attached hydrogens (primary N) is 1. The third-order valence-corrected chi connectivity index (χ3v) is 3.71. The third kappa shape index (κ3) is 2.15. The molecule has 0 aliphatic carbocycles. The van der Waals surface area contributed by atoms with Crippen LogP contribution in [0.3, 0.4) is 0 Å². The van der Waals surface area contributed by atoms with Gasteiger partial charge in [-0.05, 0) is 30.9 Å². The van der Waals surface area contributed by atoms with Gasteiger partial charge in [-0.25, -0.2) is 4.98 Å². The van der Waals surface area contributed by atoms with E-state index in [0.717, 1.165) is 38.1 Å². The number of fused-ring (bicyclic) bond motifs is 1. The minimum atomic E-state index is 0.490. The lowest BCUT2D eigenvalue weighted by molar-refractivity contribution is 0.0618. The Bertz CT molecular complexity index is 635. The van der Waals surface area contributed by atoms with E-state index in [4.69, 9.17) is 15.7 Å². The zero-order valence-electron chi connectivity index (χ0n) is 10.7. The molecule has 0 radical (unpaired) electrons. The first kappa shape index (κ1) is 12.0. The molecule has 0 amide bonds. The van der Waals surface area contributed by atoms with Gasteiger partial charge in [-0.15, -0.1) is 0 Å². The highest BCUT2D eigenvalue weighted by atomic mass is 16.5. The van der Waals surface area contributed by atoms with Crippen LogP contribution in [0.5, 0.6) is 0 Å². The smallest absolute Gasteiger partial charge is 0.201 e. The predicted octanol–water partition coefficient (Wildman–Crippen LogP) is 1.92. The van der Waals surface area contributed by atoms with Crippen molar-refractivity contribution < 1.29 is 4.74 Å². The SMILES string of the molecule is N#Cc1cccc2c1nc(N)n2CC1CCOCC1. The van der Waals surface area contributed by atoms with Crippen molar-refractivity contribution in [3.8, 4) is 6.07 Å². The van der Waals surface area contributed by atoms with Gasteiger partial charge in [0.15, 0.2) is 0 Å². The normalized spacial score (nSPS) is 16.6. The number of ether oxygens (including phenoxy) is 1. The lowest BCUT2D eigenvalue weighted by Gasteiger charge is -2.23. The zero-order valence-corrected chi connectivity index (χ0v) is 10.7. The topological polar surface area (TPSA) is 76.9 Å². The van der Waals surface area contributed by atoms with E-state index in [-0.39, 0.29) is 0 Å². The van der Waals surface area contributed by atoms with Crippen LogP contribution in [0.15, 0.2) is 18.2 Å². The van der Waals surface area contributed by atoms with Gasteiger partial charge in [0.2, 0.25) is 5.95 Å². The lowest BCUT2D eigenvalue weighted by Crippen LogP contribution is -2.21. The number of hydrogen-bond donors (Lipinski definition) is 1. The van der Waals surface area contributed by atoms with E-state index in [2.05, 4.69) is 11.1 Å². The summed E-state index contributed by atoms with van der Waals surface area (Å²) in [5.74, 6) is 1.06. The molecule has 0 bridgehead atoms. The molecular weight excluding hydrogens is 240 g/mol. The Morgan fingerprint density at radius 2 is 2.21 bits per heavy atom. The van der Waals surface area contributed by atoms with Gasteiger partial charge in [0, 0.05) is 19.8 Å². The molecule has 0 atom stereocenters. The fraction of sp³-hybridized carbons (Fsp3) is 0.429. The Morgan fingerprint density at radius 1 is 1.42 bits per heavy atom. The van der Waals surface area contributed by atoms with E-state index in [1.165, 1.54) is 0 Å². The maximum atomic E-state index is 9.10. The molecule has 19 heavy (non-hydrogen) atoms. The van der Waals surface area contributed by atoms with Gasteiger partial charge in [0.1, 0.15) is 11.6 Å². The van der Waals surface area contributed by atoms with Crippen molar-refractivity contribution in [3.63, 3.8) is 0 Å². The van der Waals surface area contributed by atoms with Crippen LogP contribution in [0, 0.1) is 17.2 Å². The zero-order chi connectivity index (χ0) is 13.2. The summed E-state index contributed by atoms with van der Waals surface area (Å²) in [6, 6.07) is 7.78. The average Bonchev–Trinajstić information content (AvgIpc) is 2.76. The highest BCUT2D eigenvalue weighted by molar-refractivity contribution is 5.83. The van der Waals surface area contributed by atoms with E-state index in [0.29, 0.717) is 22.9 Å². The number of nitriles is 1. The highest BCUT2D eigenvalue weighted by Crippen LogP contribution is 2.25. The van der Waals surface area contributed by atoms with Gasteiger partial charge in [0.05, 0.1) is 11.1 Å². The van der Waals surface area contributed by atoms with Gasteiger partial charge in [-0.1, -0.05) is 6.07 Å². The predicted molar refractivity (Wildman–Crippen MR) is 72.4 cm³/mol. The van der Waals surface area contributed by atoms with Crippen LogP contribution in [-0.2, 0) is 11.3 Å². The molecule has 2 N–H and O–H groups in total. The molecule has 5 heteroatoms. The monoisotopic (exact) mass is 256 g/mol. The second-order valence-corrected chi connectivity index (χ2v) is 4.92. The molecule has 2 heterocycles. The molecule has 1 fully saturated rings. The number of benzene rings is 1. The molecule has 5 nitrogen and oxygen atoms in total. The van der Waals surface area contributed by atoms with Crippen LogP contribution in [0.2, 0.25) is 0 Å². The summed E-state index contributed by atoms with van der Waals surface area (Å²) in [6.07, 6.45) is 2.11. The molecule has 1 aliphatic heterocycles. The standard InChI is InChI=1S/C14H16N4O/c15-8-11-2-1-3-12-13(11)17-14(16)18(12)9-10-4-6-19-7-5-10/h1-3,10H,4-7,9H2,(H2,16,17). The summed E-state index contributed by atoms with van der Waals surface area (Å²) in [4.78, 5) is 4.34. The number of aromatic nitrogens is 2. The Hall–Kier alpha value is -2.06. The Kier molecular flexibility index (Phi) is 3.10. The van der Waals surface area contributed by atoms with Crippen LogP contribution in [0.1, 0.15) is 18.4 Å². The largest absolute Gasteiger partial charge is 0.381 e. The first-order valence-corrected chi connectivity index (χ1v) is 6.52. The van der Waals surface area contributed by atoms with Crippen molar-refractivity contribution >= 4 is 17.0 Å². The van der Waals surface area contributed by atoms with Crippen molar-refractivity contribution in [2.45, 2.75) is 19.4 Å². The molecule has 3 rings (SSSR count). The molecular formula is C14H16N4O. The molecule has 0 saturated carbocycles. The van der Waals surface area contributed by atoms with Crippen LogP contribution < -0.4 is 5.73 Å². The van der Waals surface area contributed by atoms with Gasteiger partial charge >= 0.3 is 0 Å². The van der Waals surface area contributed by atoms with E-state index in [9.17, 15) is 0 Å². The summed E-state index contributed by atoms with van der Waals surface area (Å²) in [7, 11) is 0. The minimum Gasteiger partial charge on any atom is -0.381 e. The summed E-state index contributed by atoms with van der Waals surface area (Å²) in [5.41, 5.74) is 8.23. The summed E-state index contributed by atoms with van der Waals surface area (Å²) in [5, 5.41) is 9.10. The number of nitrogens with zero attached hydrogens (tertiary/aromatic N) is 3. The second-order valence-electron chi connectivity index (χ2n) is 4.92. The van der Waals surface area contributed by atoms with Crippen molar-refractivity contribution in [2.75, 3.05) is 18.9 Å². The van der Waals surface area contributed by atoms with E-state index in [1.54, 1.807) is 6.07 Å². The highest BCUT2D eigenvalue weighted by Gasteiger charge is 2.18. The van der Waals surface area contributed by atoms with Crippen LogP contribution in [0.25, 0.3) is 11.0 Å². The number of anilines is 1. The Morgan fingerprint density at radius 3 is 2.95 bits per heavy atom. The first-order valence-electron chi connectivity index (χ1n) is 6.52. The van der Waals surface area contributed by atoms with E-state index >= 15 is 0 Å². The number of rotatable bonds is 2. The van der Waals surface area contributed by atoms with Crippen molar-refractivity contribution in [1.82, 2.24) is 9.55 Å². The van der Waals surface area contributed by atoms with Crippen molar-refractivity contribution in [3.05, 3.63) is 23.8 Å². The molecule has 1 aliphatic rings. The number of imidazole rings is 1. The molecule has 0 unspecified atom stereocenters. The maximum absolute atomic E-state index is 9.10. The van der Waals surface area contributed by atoms with E-state index < -0.39 is 0 Å². The Balaban J connectivity index is 1.99. The molecule has 0 spiro atoms. The lowest BCUT2D eigenvalue weighted by atomic mass is 10.0. The van der Waals surface area contributed by atoms with Crippen LogP contribution in [-0.4, -0.2) is 22.8 Å². The summed E-state index contributed by atoms with van der Waals surface area (Å²) >= 11 is 0. The van der Waals surface area contributed by atoms with Gasteiger partial charge in [-0.3, -0.25) is 0 Å². The average molecular weight is 256 g/mol.